The Hall–Kier alpha value is -2.18. The van der Waals surface area contributed by atoms with Gasteiger partial charge in [0.25, 0.3) is 0 Å². The predicted molar refractivity (Wildman–Crippen MR) is 86.4 cm³/mol. The van der Waals surface area contributed by atoms with Gasteiger partial charge in [0.1, 0.15) is 5.00 Å². The fourth-order valence-electron chi connectivity index (χ4n) is 2.67. The molecule has 1 aliphatic heterocycles. The average molecular weight is 316 g/mol. The number of hydrogen-bond donors (Lipinski definition) is 3. The Balaban J connectivity index is 2.09. The van der Waals surface area contributed by atoms with E-state index in [9.17, 15) is 9.59 Å². The maximum absolute atomic E-state index is 11.5. The molecule has 0 saturated heterocycles. The zero-order chi connectivity index (χ0) is 15.7. The Morgan fingerprint density at radius 2 is 2.00 bits per heavy atom. The third kappa shape index (κ3) is 2.75. The smallest absolute Gasteiger partial charge is 0.335 e. The molecule has 2 aromatic rings. The molecule has 0 spiro atoms. The minimum absolute atomic E-state index is 0.102. The third-order valence-corrected chi connectivity index (χ3v) is 4.79. The normalized spacial score (nSPS) is 13.5. The molecule has 0 fully saturated rings. The van der Waals surface area contributed by atoms with Crippen LogP contribution in [0.5, 0.6) is 0 Å². The summed E-state index contributed by atoms with van der Waals surface area (Å²) in [6.45, 7) is 3.21. The first-order valence-corrected chi connectivity index (χ1v) is 7.84. The van der Waals surface area contributed by atoms with Gasteiger partial charge >= 0.3 is 5.97 Å². The van der Waals surface area contributed by atoms with Crippen LogP contribution in [0.3, 0.4) is 0 Å². The predicted octanol–water partition coefficient (Wildman–Crippen LogP) is 2.72. The lowest BCUT2D eigenvalue weighted by Gasteiger charge is -2.14. The van der Waals surface area contributed by atoms with Crippen molar-refractivity contribution >= 4 is 28.2 Å². The van der Waals surface area contributed by atoms with Crippen LogP contribution in [0.2, 0.25) is 0 Å². The first-order chi connectivity index (χ1) is 10.6. The second-order valence-electron chi connectivity index (χ2n) is 5.20. The van der Waals surface area contributed by atoms with Crippen LogP contribution >= 0.6 is 11.3 Å². The molecule has 1 aromatic carbocycles. The number of carboxylic acids is 1. The summed E-state index contributed by atoms with van der Waals surface area (Å²) in [6, 6.07) is 6.80. The van der Waals surface area contributed by atoms with Crippen molar-refractivity contribution in [3.63, 3.8) is 0 Å². The van der Waals surface area contributed by atoms with E-state index in [4.69, 9.17) is 5.11 Å². The van der Waals surface area contributed by atoms with E-state index in [1.165, 1.54) is 17.4 Å². The summed E-state index contributed by atoms with van der Waals surface area (Å²) < 4.78 is 0. The van der Waals surface area contributed by atoms with Crippen molar-refractivity contribution < 1.29 is 14.7 Å². The zero-order valence-corrected chi connectivity index (χ0v) is 12.9. The van der Waals surface area contributed by atoms with E-state index < -0.39 is 5.97 Å². The van der Waals surface area contributed by atoms with Crippen LogP contribution < -0.4 is 10.6 Å². The van der Waals surface area contributed by atoms with Gasteiger partial charge in [-0.2, -0.15) is 0 Å². The molecule has 1 aliphatic rings. The van der Waals surface area contributed by atoms with E-state index in [0.29, 0.717) is 0 Å². The summed E-state index contributed by atoms with van der Waals surface area (Å²) in [5, 5.41) is 16.1. The minimum atomic E-state index is -0.940. The Bertz CT molecular complexity index is 735. The molecule has 1 aromatic heterocycles. The van der Waals surface area contributed by atoms with Gasteiger partial charge < -0.3 is 15.7 Å². The number of nitrogens with one attached hydrogen (secondary N) is 2. The molecular formula is C16H16N2O3S. The first-order valence-electron chi connectivity index (χ1n) is 7.03. The monoisotopic (exact) mass is 316 g/mol. The number of carbonyl (C=O) groups excluding carboxylic acids is 1. The molecule has 0 aliphatic carbocycles. The van der Waals surface area contributed by atoms with Gasteiger partial charge in [0.15, 0.2) is 0 Å². The SMILES string of the molecule is CC(=O)Nc1sc2c(c1-c1ccc(C(=O)O)cc1)CCNC2. The lowest BCUT2D eigenvalue weighted by atomic mass is 9.97. The minimum Gasteiger partial charge on any atom is -0.478 e. The van der Waals surface area contributed by atoms with Crippen LogP contribution in [0.4, 0.5) is 5.00 Å². The first kappa shape index (κ1) is 14.7. The highest BCUT2D eigenvalue weighted by Gasteiger charge is 2.22. The van der Waals surface area contributed by atoms with Crippen molar-refractivity contribution in [1.82, 2.24) is 5.32 Å². The summed E-state index contributed by atoms with van der Waals surface area (Å²) >= 11 is 1.58. The molecular weight excluding hydrogens is 300 g/mol. The molecule has 6 heteroatoms. The van der Waals surface area contributed by atoms with Crippen LogP contribution in [-0.4, -0.2) is 23.5 Å². The van der Waals surface area contributed by atoms with Crippen molar-refractivity contribution in [2.45, 2.75) is 19.9 Å². The average Bonchev–Trinajstić information content (AvgIpc) is 2.84. The van der Waals surface area contributed by atoms with E-state index in [0.717, 1.165) is 35.6 Å². The Labute approximate surface area is 132 Å². The maximum Gasteiger partial charge on any atom is 0.335 e. The summed E-state index contributed by atoms with van der Waals surface area (Å²) in [5.74, 6) is -1.04. The molecule has 0 saturated carbocycles. The summed E-state index contributed by atoms with van der Waals surface area (Å²) in [7, 11) is 0. The molecule has 114 valence electrons. The van der Waals surface area contributed by atoms with Gasteiger partial charge in [-0.15, -0.1) is 11.3 Å². The second-order valence-corrected chi connectivity index (χ2v) is 6.30. The van der Waals surface area contributed by atoms with Crippen LogP contribution in [-0.2, 0) is 17.8 Å². The van der Waals surface area contributed by atoms with Crippen molar-refractivity contribution in [3.05, 3.63) is 40.3 Å². The number of fused-ring (bicyclic) bond motifs is 1. The van der Waals surface area contributed by atoms with Gasteiger partial charge in [0, 0.05) is 23.9 Å². The van der Waals surface area contributed by atoms with Gasteiger partial charge in [0.2, 0.25) is 5.91 Å². The molecule has 0 unspecified atom stereocenters. The quantitative estimate of drug-likeness (QED) is 0.813. The number of rotatable bonds is 3. The van der Waals surface area contributed by atoms with Gasteiger partial charge in [0.05, 0.1) is 5.56 Å². The fourth-order valence-corrected chi connectivity index (χ4v) is 3.95. The van der Waals surface area contributed by atoms with Crippen molar-refractivity contribution in [1.29, 1.82) is 0 Å². The highest BCUT2D eigenvalue weighted by molar-refractivity contribution is 7.17. The fraction of sp³-hybridized carbons (Fsp3) is 0.250. The summed E-state index contributed by atoms with van der Waals surface area (Å²) in [6.07, 6.45) is 0.904. The number of thiophene rings is 1. The summed E-state index contributed by atoms with van der Waals surface area (Å²) in [5.41, 5.74) is 3.47. The molecule has 1 amide bonds. The van der Waals surface area contributed by atoms with Crippen LogP contribution in [0.25, 0.3) is 11.1 Å². The van der Waals surface area contributed by atoms with Gasteiger partial charge in [-0.25, -0.2) is 4.79 Å². The zero-order valence-electron chi connectivity index (χ0n) is 12.1. The number of hydrogen-bond acceptors (Lipinski definition) is 4. The third-order valence-electron chi connectivity index (χ3n) is 3.64. The number of amides is 1. The van der Waals surface area contributed by atoms with Crippen molar-refractivity contribution in [2.75, 3.05) is 11.9 Å². The second kappa shape index (κ2) is 5.90. The number of benzene rings is 1. The largest absolute Gasteiger partial charge is 0.478 e. The van der Waals surface area contributed by atoms with Crippen LogP contribution in [0.15, 0.2) is 24.3 Å². The van der Waals surface area contributed by atoms with Gasteiger partial charge in [-0.05, 0) is 36.2 Å². The molecule has 0 atom stereocenters. The molecule has 2 heterocycles. The lowest BCUT2D eigenvalue weighted by Crippen LogP contribution is -2.22. The molecule has 5 nitrogen and oxygen atoms in total. The molecule has 0 radical (unpaired) electrons. The van der Waals surface area contributed by atoms with Gasteiger partial charge in [-0.3, -0.25) is 4.79 Å². The number of anilines is 1. The Morgan fingerprint density at radius 3 is 2.64 bits per heavy atom. The standard InChI is InChI=1S/C16H16N2O3S/c1-9(19)18-15-14(12-6-7-17-8-13(12)22-15)10-2-4-11(5-3-10)16(20)21/h2-5,17H,6-8H2,1H3,(H,18,19)(H,20,21). The molecule has 22 heavy (non-hydrogen) atoms. The highest BCUT2D eigenvalue weighted by atomic mass is 32.1. The van der Waals surface area contributed by atoms with Crippen LogP contribution in [0, 0.1) is 0 Å². The molecule has 0 bridgehead atoms. The highest BCUT2D eigenvalue weighted by Crippen LogP contribution is 2.42. The topological polar surface area (TPSA) is 78.4 Å². The molecule has 3 rings (SSSR count). The van der Waals surface area contributed by atoms with Crippen molar-refractivity contribution in [3.8, 4) is 11.1 Å². The Kier molecular flexibility index (Phi) is 3.96. The van der Waals surface area contributed by atoms with E-state index in [1.807, 2.05) is 0 Å². The Morgan fingerprint density at radius 1 is 1.27 bits per heavy atom. The number of carbonyl (C=O) groups is 2. The lowest BCUT2D eigenvalue weighted by molar-refractivity contribution is -0.114. The van der Waals surface area contributed by atoms with E-state index in [2.05, 4.69) is 10.6 Å². The van der Waals surface area contributed by atoms with Crippen LogP contribution in [0.1, 0.15) is 27.7 Å². The number of aromatic carboxylic acids is 1. The van der Waals surface area contributed by atoms with E-state index in [-0.39, 0.29) is 11.5 Å². The van der Waals surface area contributed by atoms with E-state index in [1.54, 1.807) is 35.6 Å². The maximum atomic E-state index is 11.5. The van der Waals surface area contributed by atoms with E-state index >= 15 is 0 Å². The molecule has 3 N–H and O–H groups in total. The number of carboxylic acid groups (broad SMARTS) is 1. The van der Waals surface area contributed by atoms with Crippen molar-refractivity contribution in [2.24, 2.45) is 0 Å². The van der Waals surface area contributed by atoms with Gasteiger partial charge in [-0.1, -0.05) is 12.1 Å². The summed E-state index contributed by atoms with van der Waals surface area (Å²) in [4.78, 5) is 23.7.